The van der Waals surface area contributed by atoms with Gasteiger partial charge in [-0.25, -0.2) is 0 Å². The lowest BCUT2D eigenvalue weighted by Gasteiger charge is -2.32. The Hall–Kier alpha value is -14.0. The minimum absolute atomic E-state index is 0.152. The lowest BCUT2D eigenvalue weighted by atomic mass is 9.70. The summed E-state index contributed by atoms with van der Waals surface area (Å²) in [6.07, 6.45) is 0. The fraction of sp³-hybridized carbons (Fsp3) is 0.0690. The number of thiophene rings is 2. The van der Waals surface area contributed by atoms with Crippen molar-refractivity contribution >= 4 is 97.1 Å². The zero-order valence-electron chi connectivity index (χ0n) is 66.7. The minimum atomic E-state index is -0.598. The third kappa shape index (κ3) is 9.06. The van der Waals surface area contributed by atoms with Gasteiger partial charge in [-0.15, -0.1) is 22.7 Å². The van der Waals surface area contributed by atoms with Gasteiger partial charge in [0.1, 0.15) is 0 Å². The quantitative estimate of drug-likeness (QED) is 0.142. The van der Waals surface area contributed by atoms with E-state index in [1.807, 2.05) is 22.7 Å². The van der Waals surface area contributed by atoms with Crippen LogP contribution in [0.4, 0.5) is 34.1 Å². The fourth-order valence-corrected chi connectivity index (χ4v) is 25.6. The van der Waals surface area contributed by atoms with E-state index in [9.17, 15) is 0 Å². The maximum absolute atomic E-state index is 2.57. The summed E-state index contributed by atoms with van der Waals surface area (Å²) < 4.78 is 5.13. The first kappa shape index (κ1) is 68.1. The third-order valence-corrected chi connectivity index (χ3v) is 30.6. The van der Waals surface area contributed by atoms with E-state index in [1.165, 1.54) is 207 Å². The van der Waals surface area contributed by atoms with E-state index in [2.05, 4.69) is 426 Å². The molecule has 562 valence electrons. The van der Waals surface area contributed by atoms with Crippen LogP contribution in [0.3, 0.4) is 0 Å². The Labute approximate surface area is 706 Å². The van der Waals surface area contributed by atoms with Crippen molar-refractivity contribution in [3.05, 3.63) is 455 Å². The lowest BCUT2D eigenvalue weighted by molar-refractivity contribution is 0.662. The number of hydrogen-bond donors (Lipinski definition) is 0. The van der Waals surface area contributed by atoms with Gasteiger partial charge in [0, 0.05) is 74.9 Å². The Kier molecular flexibility index (Phi) is 14.1. The van der Waals surface area contributed by atoms with Crippen LogP contribution < -0.4 is 9.80 Å². The molecule has 6 aliphatic carbocycles. The third-order valence-electron chi connectivity index (χ3n) is 28.3. The average molecular weight is 1560 g/mol. The largest absolute Gasteiger partial charge is 0.310 e. The van der Waals surface area contributed by atoms with Crippen LogP contribution in [0.1, 0.15) is 94.5 Å². The number of nitrogens with zero attached hydrogens (tertiary/aromatic N) is 2. The van der Waals surface area contributed by atoms with Crippen molar-refractivity contribution in [2.45, 2.75) is 49.4 Å². The molecule has 0 fully saturated rings. The molecule has 0 unspecified atom stereocenters. The molecule has 0 N–H and O–H groups in total. The van der Waals surface area contributed by atoms with Crippen LogP contribution in [0, 0.1) is 0 Å². The highest BCUT2D eigenvalue weighted by molar-refractivity contribution is 7.26. The average Bonchev–Trinajstić information content (AvgIpc) is 1.51. The first-order valence-electron chi connectivity index (χ1n) is 42.1. The van der Waals surface area contributed by atoms with Crippen molar-refractivity contribution in [2.75, 3.05) is 9.80 Å². The van der Waals surface area contributed by atoms with Crippen molar-refractivity contribution in [3.8, 4) is 100 Å². The number of fused-ring (bicyclic) bond motifs is 32. The van der Waals surface area contributed by atoms with Crippen molar-refractivity contribution in [1.82, 2.24) is 0 Å². The Balaban J connectivity index is 0.592. The van der Waals surface area contributed by atoms with Gasteiger partial charge >= 0.3 is 0 Å². The van der Waals surface area contributed by atoms with Gasteiger partial charge < -0.3 is 9.80 Å². The van der Waals surface area contributed by atoms with Crippen LogP contribution in [-0.2, 0) is 21.7 Å². The summed E-state index contributed by atoms with van der Waals surface area (Å²) in [7, 11) is 0. The van der Waals surface area contributed by atoms with E-state index in [4.69, 9.17) is 0 Å². The van der Waals surface area contributed by atoms with E-state index >= 15 is 0 Å². The molecule has 6 aliphatic rings. The summed E-state index contributed by atoms with van der Waals surface area (Å²) in [5.74, 6) is 0. The summed E-state index contributed by atoms with van der Waals surface area (Å²) in [6.45, 7) is 9.66. The molecule has 20 aromatic rings. The highest BCUT2D eigenvalue weighted by Crippen LogP contribution is 2.67. The topological polar surface area (TPSA) is 6.48 Å². The maximum atomic E-state index is 2.57. The number of benzene rings is 18. The number of rotatable bonds is 9. The van der Waals surface area contributed by atoms with Gasteiger partial charge in [-0.05, 0) is 258 Å². The fourth-order valence-electron chi connectivity index (χ4n) is 23.3. The molecule has 0 radical (unpaired) electrons. The van der Waals surface area contributed by atoms with Crippen LogP contribution in [-0.4, -0.2) is 0 Å². The molecule has 0 bridgehead atoms. The highest BCUT2D eigenvalue weighted by Gasteiger charge is 2.54. The van der Waals surface area contributed by atoms with Crippen LogP contribution in [0.15, 0.2) is 388 Å². The highest BCUT2D eigenvalue weighted by atomic mass is 32.1. The van der Waals surface area contributed by atoms with Gasteiger partial charge in [0.05, 0.1) is 21.2 Å². The van der Waals surface area contributed by atoms with Crippen molar-refractivity contribution in [1.29, 1.82) is 0 Å². The zero-order chi connectivity index (χ0) is 79.2. The van der Waals surface area contributed by atoms with E-state index in [0.717, 1.165) is 34.1 Å². The molecule has 18 aromatic carbocycles. The van der Waals surface area contributed by atoms with Crippen LogP contribution in [0.5, 0.6) is 0 Å². The molecule has 0 saturated carbocycles. The summed E-state index contributed by atoms with van der Waals surface area (Å²) in [6, 6.07) is 149. The standard InChI is InChI=1S/C116H76N2S2/c1-113(2)96-37-13-5-29-85(96)91-34-21-32-78(110(91)113)70-48-54-74(55-49-70)118(106-43-23-36-93-89-31-12-20-45-108(89)120-112(93)106)76-57-60-87-94-64-72(51-63-103(94)116(105(87)67-76)100-40-16-8-26-82(100)83-27-9-17-41-101(83)116)71-50-62-97-95(65-71)92-35-22-33-79(111(92)114(97,3)4)69-46-52-73(53-47-69)117(77-58-61-90-88-30-11-19-44-107(88)119-109(90)68-77)75-56-59-86-84-28-10-18-42-102(84)115(104(86)66-75)98-38-14-6-24-80(98)81-25-7-15-39-99(81)115/h5-68H,1-4H3. The molecule has 2 nitrogen and oxygen atoms in total. The Bertz CT molecular complexity index is 7760. The van der Waals surface area contributed by atoms with Gasteiger partial charge in [-0.3, -0.25) is 0 Å². The first-order chi connectivity index (χ1) is 59.0. The molecule has 4 heteroatoms. The van der Waals surface area contributed by atoms with Crippen molar-refractivity contribution in [3.63, 3.8) is 0 Å². The molecule has 0 saturated heterocycles. The second-order valence-electron chi connectivity index (χ2n) is 34.8. The van der Waals surface area contributed by atoms with Crippen LogP contribution in [0.2, 0.25) is 0 Å². The summed E-state index contributed by atoms with van der Waals surface area (Å²) >= 11 is 3.76. The second kappa shape index (κ2) is 24.8. The first-order valence-corrected chi connectivity index (χ1v) is 43.7. The molecule has 26 rings (SSSR count). The Morgan fingerprint density at radius 2 is 0.517 bits per heavy atom. The number of anilines is 6. The van der Waals surface area contributed by atoms with Crippen molar-refractivity contribution < 1.29 is 0 Å². The van der Waals surface area contributed by atoms with Crippen molar-refractivity contribution in [2.24, 2.45) is 0 Å². The molecular weight excluding hydrogens is 1490 g/mol. The Morgan fingerprint density at radius 3 is 1.05 bits per heavy atom. The van der Waals surface area contributed by atoms with Crippen LogP contribution >= 0.6 is 22.7 Å². The molecule has 2 aromatic heterocycles. The van der Waals surface area contributed by atoms with Gasteiger partial charge in [0.25, 0.3) is 0 Å². The minimum Gasteiger partial charge on any atom is -0.310 e. The Morgan fingerprint density at radius 1 is 0.192 bits per heavy atom. The monoisotopic (exact) mass is 1560 g/mol. The van der Waals surface area contributed by atoms with Crippen LogP contribution in [0.25, 0.3) is 140 Å². The van der Waals surface area contributed by atoms with E-state index < -0.39 is 10.8 Å². The van der Waals surface area contributed by atoms with Gasteiger partial charge in [-0.1, -0.05) is 325 Å². The summed E-state index contributed by atoms with van der Waals surface area (Å²) in [5, 5.41) is 5.14. The molecule has 2 spiro atoms. The summed E-state index contributed by atoms with van der Waals surface area (Å²) in [5.41, 5.74) is 44.2. The second-order valence-corrected chi connectivity index (χ2v) is 36.9. The van der Waals surface area contributed by atoms with Gasteiger partial charge in [0.2, 0.25) is 0 Å². The van der Waals surface area contributed by atoms with Gasteiger partial charge in [-0.2, -0.15) is 0 Å². The smallest absolute Gasteiger partial charge is 0.0726 e. The molecule has 2 heterocycles. The molecule has 0 aliphatic heterocycles. The SMILES string of the molecule is CC1(C)c2ccccc2-c2cccc(-c3ccc(N(c4ccc5c(c4)C4(c6ccccc6-c6ccccc64)c4ccc(-c6ccc7c(c6)-c6cccc(-c8ccc(N(c9ccc%10c(c9)C9(c%11ccccc%11-c%11ccccc%119)c9ccccc9-%10)c9ccc%10c(c9)sc9ccccc9%10)cc8)c6C7(C)C)cc4-5)c4cccc5c4sc4ccccc45)cc3)c21. The molecular formula is C116H76N2S2. The zero-order valence-corrected chi connectivity index (χ0v) is 68.3. The molecule has 120 heavy (non-hydrogen) atoms. The normalized spacial score (nSPS) is 14.6. The maximum Gasteiger partial charge on any atom is 0.0726 e. The predicted molar refractivity (Wildman–Crippen MR) is 506 cm³/mol. The predicted octanol–water partition coefficient (Wildman–Crippen LogP) is 31.7. The van der Waals surface area contributed by atoms with Gasteiger partial charge in [0.15, 0.2) is 0 Å². The van der Waals surface area contributed by atoms with E-state index in [0.29, 0.717) is 0 Å². The van der Waals surface area contributed by atoms with E-state index in [1.54, 1.807) is 0 Å². The molecule has 0 amide bonds. The molecule has 0 atom stereocenters. The number of hydrogen-bond acceptors (Lipinski definition) is 4. The lowest BCUT2D eigenvalue weighted by Crippen LogP contribution is -2.26. The summed E-state index contributed by atoms with van der Waals surface area (Å²) in [4.78, 5) is 5.06. The van der Waals surface area contributed by atoms with E-state index in [-0.39, 0.29) is 10.8 Å².